The highest BCUT2D eigenvalue weighted by molar-refractivity contribution is 5.28. The summed E-state index contributed by atoms with van der Waals surface area (Å²) in [6, 6.07) is 0. The van der Waals surface area contributed by atoms with Crippen LogP contribution in [0.1, 0.15) is 46.1 Å². The minimum absolute atomic E-state index is 0.422. The van der Waals surface area contributed by atoms with Gasteiger partial charge in [-0.05, 0) is 48.7 Å². The molecule has 0 aromatic carbocycles. The van der Waals surface area contributed by atoms with E-state index in [-0.39, 0.29) is 0 Å². The predicted octanol–water partition coefficient (Wildman–Crippen LogP) is 2.89. The lowest BCUT2D eigenvalue weighted by atomic mass is 10.1. The van der Waals surface area contributed by atoms with E-state index in [0.717, 1.165) is 31.5 Å². The van der Waals surface area contributed by atoms with E-state index < -0.39 is 0 Å². The maximum atomic E-state index is 4.40. The molecule has 0 aliphatic heterocycles. The number of nitrogens with one attached hydrogen (secondary N) is 1. The summed E-state index contributed by atoms with van der Waals surface area (Å²) in [5.41, 5.74) is 1.84. The van der Waals surface area contributed by atoms with Crippen molar-refractivity contribution in [2.45, 2.75) is 47.1 Å². The third-order valence-electron chi connectivity index (χ3n) is 4.30. The van der Waals surface area contributed by atoms with Gasteiger partial charge in [0, 0.05) is 12.7 Å². The summed E-state index contributed by atoms with van der Waals surface area (Å²) < 4.78 is 2.03. The van der Waals surface area contributed by atoms with E-state index in [0.29, 0.717) is 11.3 Å². The van der Waals surface area contributed by atoms with Crippen molar-refractivity contribution in [2.24, 2.45) is 17.3 Å². The lowest BCUT2D eigenvalue weighted by Gasteiger charge is -2.07. The van der Waals surface area contributed by atoms with E-state index in [1.54, 1.807) is 0 Å². The van der Waals surface area contributed by atoms with Crippen molar-refractivity contribution in [2.75, 3.05) is 13.1 Å². The molecule has 1 aliphatic rings. The van der Waals surface area contributed by atoms with E-state index in [9.17, 15) is 0 Å². The summed E-state index contributed by atoms with van der Waals surface area (Å²) in [5.74, 6) is 2.16. The Morgan fingerprint density at radius 1 is 1.44 bits per heavy atom. The van der Waals surface area contributed by atoms with Gasteiger partial charge in [0.25, 0.3) is 0 Å². The quantitative estimate of drug-likeness (QED) is 0.840. The molecule has 0 bridgehead atoms. The van der Waals surface area contributed by atoms with Crippen LogP contribution >= 0.6 is 0 Å². The van der Waals surface area contributed by atoms with Gasteiger partial charge in [-0.25, -0.2) is 0 Å². The number of hydrogen-bond donors (Lipinski definition) is 1. The van der Waals surface area contributed by atoms with Crippen LogP contribution in [-0.4, -0.2) is 22.9 Å². The number of aromatic nitrogens is 2. The number of rotatable bonds is 6. The van der Waals surface area contributed by atoms with Crippen molar-refractivity contribution in [3.63, 3.8) is 0 Å². The minimum Gasteiger partial charge on any atom is -0.316 e. The fraction of sp³-hybridized carbons (Fsp3) is 0.800. The Kier molecular flexibility index (Phi) is 3.81. The molecule has 1 aromatic rings. The summed E-state index contributed by atoms with van der Waals surface area (Å²) in [6.07, 6.45) is 4.27. The first kappa shape index (κ1) is 13.6. The molecule has 2 rings (SSSR count). The van der Waals surface area contributed by atoms with Gasteiger partial charge in [0.15, 0.2) is 0 Å². The Balaban J connectivity index is 1.93. The number of hydrogen-bond acceptors (Lipinski definition) is 2. The summed E-state index contributed by atoms with van der Waals surface area (Å²) in [6.45, 7) is 14.6. The van der Waals surface area contributed by atoms with Crippen molar-refractivity contribution in [1.82, 2.24) is 15.1 Å². The molecule has 18 heavy (non-hydrogen) atoms. The molecular weight excluding hydrogens is 222 g/mol. The maximum Gasteiger partial charge on any atom is 0.0524 e. The largest absolute Gasteiger partial charge is 0.316 e. The second-order valence-electron chi connectivity index (χ2n) is 6.59. The molecule has 1 fully saturated rings. The van der Waals surface area contributed by atoms with Crippen molar-refractivity contribution >= 4 is 0 Å². The van der Waals surface area contributed by atoms with Crippen LogP contribution in [0.5, 0.6) is 0 Å². The van der Waals surface area contributed by atoms with Crippen LogP contribution in [0.4, 0.5) is 0 Å². The summed E-state index contributed by atoms with van der Waals surface area (Å²) >= 11 is 0. The van der Waals surface area contributed by atoms with Gasteiger partial charge in [0.1, 0.15) is 0 Å². The third kappa shape index (κ3) is 2.61. The van der Waals surface area contributed by atoms with E-state index in [4.69, 9.17) is 0 Å². The zero-order valence-electron chi connectivity index (χ0n) is 12.4. The van der Waals surface area contributed by atoms with Crippen molar-refractivity contribution in [3.05, 3.63) is 18.0 Å². The predicted molar refractivity (Wildman–Crippen MR) is 75.6 cm³/mol. The molecule has 1 aliphatic carbocycles. The van der Waals surface area contributed by atoms with Gasteiger partial charge in [-0.1, -0.05) is 27.7 Å². The molecule has 2 unspecified atom stereocenters. The zero-order valence-corrected chi connectivity index (χ0v) is 12.4. The number of nitrogens with zero attached hydrogens (tertiary/aromatic N) is 2. The fourth-order valence-electron chi connectivity index (χ4n) is 3.03. The van der Waals surface area contributed by atoms with Crippen LogP contribution in [0.15, 0.2) is 12.4 Å². The van der Waals surface area contributed by atoms with Gasteiger partial charge in [-0.2, -0.15) is 5.10 Å². The maximum absolute atomic E-state index is 4.40. The molecule has 102 valence electrons. The summed E-state index contributed by atoms with van der Waals surface area (Å²) in [5, 5.41) is 8.00. The second-order valence-corrected chi connectivity index (χ2v) is 6.59. The standard InChI is InChI=1S/C15H27N3/c1-6-18-10-12(8-17-18)14-13(15(14,4)5)9-16-7-11(2)3/h8,10-11,13-14,16H,6-7,9H2,1-5H3. The highest BCUT2D eigenvalue weighted by Gasteiger charge is 2.58. The minimum atomic E-state index is 0.422. The molecule has 3 nitrogen and oxygen atoms in total. The highest BCUT2D eigenvalue weighted by Crippen LogP contribution is 2.63. The molecule has 1 saturated carbocycles. The van der Waals surface area contributed by atoms with Crippen LogP contribution in [-0.2, 0) is 6.54 Å². The fourth-order valence-corrected chi connectivity index (χ4v) is 3.03. The Morgan fingerprint density at radius 3 is 2.72 bits per heavy atom. The molecule has 0 spiro atoms. The van der Waals surface area contributed by atoms with Crippen LogP contribution in [0.25, 0.3) is 0 Å². The van der Waals surface area contributed by atoms with E-state index >= 15 is 0 Å². The van der Waals surface area contributed by atoms with Crippen molar-refractivity contribution in [3.8, 4) is 0 Å². The molecule has 1 N–H and O–H groups in total. The second kappa shape index (κ2) is 5.04. The molecule has 2 atom stereocenters. The lowest BCUT2D eigenvalue weighted by molar-refractivity contribution is 0.487. The van der Waals surface area contributed by atoms with Crippen LogP contribution in [0.2, 0.25) is 0 Å². The van der Waals surface area contributed by atoms with Crippen LogP contribution in [0.3, 0.4) is 0 Å². The van der Waals surface area contributed by atoms with Gasteiger partial charge >= 0.3 is 0 Å². The van der Waals surface area contributed by atoms with Gasteiger partial charge in [-0.3, -0.25) is 4.68 Å². The lowest BCUT2D eigenvalue weighted by Crippen LogP contribution is -2.23. The molecule has 0 amide bonds. The van der Waals surface area contributed by atoms with Crippen LogP contribution in [0, 0.1) is 17.3 Å². The monoisotopic (exact) mass is 249 g/mol. The Labute approximate surface area is 111 Å². The van der Waals surface area contributed by atoms with Gasteiger partial charge in [0.2, 0.25) is 0 Å². The molecule has 1 heterocycles. The molecular formula is C15H27N3. The first-order chi connectivity index (χ1) is 8.46. The summed E-state index contributed by atoms with van der Waals surface area (Å²) in [4.78, 5) is 0. The zero-order chi connectivity index (χ0) is 13.3. The SMILES string of the molecule is CCn1cc(C2C(CNCC(C)C)C2(C)C)cn1. The van der Waals surface area contributed by atoms with E-state index in [2.05, 4.69) is 57.4 Å². The first-order valence-corrected chi connectivity index (χ1v) is 7.19. The molecule has 0 radical (unpaired) electrons. The topological polar surface area (TPSA) is 29.9 Å². The third-order valence-corrected chi connectivity index (χ3v) is 4.30. The normalized spacial score (nSPS) is 25.7. The van der Waals surface area contributed by atoms with Gasteiger partial charge in [-0.15, -0.1) is 0 Å². The Morgan fingerprint density at radius 2 is 2.17 bits per heavy atom. The molecule has 3 heteroatoms. The Hall–Kier alpha value is -0.830. The summed E-state index contributed by atoms with van der Waals surface area (Å²) in [7, 11) is 0. The van der Waals surface area contributed by atoms with Crippen molar-refractivity contribution < 1.29 is 0 Å². The number of aryl methyl sites for hydroxylation is 1. The molecule has 1 aromatic heterocycles. The van der Waals surface area contributed by atoms with E-state index in [1.807, 2.05) is 4.68 Å². The Bertz CT molecular complexity index is 392. The highest BCUT2D eigenvalue weighted by atomic mass is 15.3. The van der Waals surface area contributed by atoms with Crippen LogP contribution < -0.4 is 5.32 Å². The average molecular weight is 249 g/mol. The molecule has 0 saturated heterocycles. The first-order valence-electron chi connectivity index (χ1n) is 7.19. The van der Waals surface area contributed by atoms with Gasteiger partial charge in [0.05, 0.1) is 6.20 Å². The van der Waals surface area contributed by atoms with Gasteiger partial charge < -0.3 is 5.32 Å². The smallest absolute Gasteiger partial charge is 0.0524 e. The average Bonchev–Trinajstić information content (AvgIpc) is 2.68. The van der Waals surface area contributed by atoms with E-state index in [1.165, 1.54) is 5.56 Å². The van der Waals surface area contributed by atoms with Crippen molar-refractivity contribution in [1.29, 1.82) is 0 Å².